The summed E-state index contributed by atoms with van der Waals surface area (Å²) in [5.74, 6) is 2.06. The SMILES string of the molecule is CC(=O)Cc1ccc(OC2(C)CC2)cc1C.Cc1cc(OC2(C)CC2)ccc1N. The van der Waals surface area contributed by atoms with Gasteiger partial charge in [-0.05, 0) is 107 Å². The fraction of sp³-hybridized carbons (Fsp3) is 0.480. The third-order valence-corrected chi connectivity index (χ3v) is 5.63. The van der Waals surface area contributed by atoms with Gasteiger partial charge in [-0.25, -0.2) is 0 Å². The average Bonchev–Trinajstić information content (AvgIpc) is 3.54. The van der Waals surface area contributed by atoms with Crippen LogP contribution in [0.5, 0.6) is 11.5 Å². The van der Waals surface area contributed by atoms with Gasteiger partial charge in [-0.2, -0.15) is 0 Å². The maximum absolute atomic E-state index is 11.1. The number of rotatable bonds is 6. The van der Waals surface area contributed by atoms with E-state index in [0.29, 0.717) is 6.42 Å². The molecule has 0 aromatic heterocycles. The Morgan fingerprint density at radius 1 is 0.897 bits per heavy atom. The predicted molar refractivity (Wildman–Crippen MR) is 118 cm³/mol. The smallest absolute Gasteiger partial charge is 0.134 e. The molecule has 4 heteroatoms. The monoisotopic (exact) mass is 395 g/mol. The van der Waals surface area contributed by atoms with Crippen LogP contribution < -0.4 is 15.2 Å². The quantitative estimate of drug-likeness (QED) is 0.650. The molecular weight excluding hydrogens is 362 g/mol. The highest BCUT2D eigenvalue weighted by Crippen LogP contribution is 2.40. The number of carbonyl (C=O) groups excluding carboxylic acids is 1. The number of Topliss-reactive ketones (excluding diaryl/α,β-unsaturated/α-hetero) is 1. The van der Waals surface area contributed by atoms with Crippen LogP contribution in [0.2, 0.25) is 0 Å². The van der Waals surface area contributed by atoms with Crippen molar-refractivity contribution in [2.24, 2.45) is 0 Å². The van der Waals surface area contributed by atoms with Crippen LogP contribution in [-0.2, 0) is 11.2 Å². The van der Waals surface area contributed by atoms with E-state index in [2.05, 4.69) is 13.8 Å². The molecule has 2 N–H and O–H groups in total. The lowest BCUT2D eigenvalue weighted by Gasteiger charge is -2.14. The fourth-order valence-electron chi connectivity index (χ4n) is 3.04. The molecule has 156 valence electrons. The van der Waals surface area contributed by atoms with Gasteiger partial charge in [-0.1, -0.05) is 6.07 Å². The van der Waals surface area contributed by atoms with Crippen molar-refractivity contribution in [2.45, 2.75) is 77.9 Å². The van der Waals surface area contributed by atoms with Gasteiger partial charge in [-0.3, -0.25) is 4.79 Å². The first-order chi connectivity index (χ1) is 13.6. The highest BCUT2D eigenvalue weighted by molar-refractivity contribution is 5.78. The normalized spacial score (nSPS) is 17.6. The number of hydrogen-bond donors (Lipinski definition) is 1. The molecule has 2 aromatic carbocycles. The highest BCUT2D eigenvalue weighted by Gasteiger charge is 2.40. The van der Waals surface area contributed by atoms with E-state index in [0.717, 1.165) is 59.6 Å². The molecular formula is C25H33NO3. The second kappa shape index (κ2) is 8.10. The number of aryl methyl sites for hydroxylation is 2. The van der Waals surface area contributed by atoms with Gasteiger partial charge in [0.1, 0.15) is 28.5 Å². The van der Waals surface area contributed by atoms with E-state index >= 15 is 0 Å². The minimum absolute atomic E-state index is 0.0640. The lowest BCUT2D eigenvalue weighted by Crippen LogP contribution is -2.12. The van der Waals surface area contributed by atoms with Crippen LogP contribution in [0.3, 0.4) is 0 Å². The molecule has 4 rings (SSSR count). The predicted octanol–water partition coefficient (Wildman–Crippen LogP) is 5.57. The number of nitrogens with two attached hydrogens (primary N) is 1. The molecule has 2 aliphatic rings. The molecule has 29 heavy (non-hydrogen) atoms. The van der Waals surface area contributed by atoms with Crippen molar-refractivity contribution in [1.29, 1.82) is 0 Å². The van der Waals surface area contributed by atoms with Crippen molar-refractivity contribution in [3.8, 4) is 11.5 Å². The molecule has 2 fully saturated rings. The van der Waals surface area contributed by atoms with Gasteiger partial charge in [-0.15, -0.1) is 0 Å². The van der Waals surface area contributed by atoms with Crippen molar-refractivity contribution in [2.75, 3.05) is 5.73 Å². The van der Waals surface area contributed by atoms with E-state index in [-0.39, 0.29) is 17.0 Å². The zero-order valence-electron chi connectivity index (χ0n) is 18.3. The van der Waals surface area contributed by atoms with E-state index in [1.807, 2.05) is 50.2 Å². The Morgan fingerprint density at radius 3 is 1.79 bits per heavy atom. The minimum Gasteiger partial charge on any atom is -0.488 e. The number of ether oxygens (including phenoxy) is 2. The van der Waals surface area contributed by atoms with Crippen molar-refractivity contribution >= 4 is 11.5 Å². The number of carbonyl (C=O) groups is 1. The van der Waals surface area contributed by atoms with Crippen LogP contribution in [-0.4, -0.2) is 17.0 Å². The summed E-state index contributed by atoms with van der Waals surface area (Å²) in [7, 11) is 0. The first-order valence-electron chi connectivity index (χ1n) is 10.4. The van der Waals surface area contributed by atoms with Gasteiger partial charge in [0, 0.05) is 12.1 Å². The Kier molecular flexibility index (Phi) is 5.92. The first-order valence-corrected chi connectivity index (χ1v) is 10.4. The number of nitrogen functional groups attached to an aromatic ring is 1. The lowest BCUT2D eigenvalue weighted by molar-refractivity contribution is -0.116. The molecule has 0 amide bonds. The summed E-state index contributed by atoms with van der Waals surface area (Å²) in [6.07, 6.45) is 5.12. The Balaban J connectivity index is 0.000000169. The third kappa shape index (κ3) is 6.25. The molecule has 2 aliphatic carbocycles. The summed E-state index contributed by atoms with van der Waals surface area (Å²) < 4.78 is 11.7. The highest BCUT2D eigenvalue weighted by atomic mass is 16.5. The second-order valence-electron chi connectivity index (χ2n) is 9.09. The van der Waals surface area contributed by atoms with Gasteiger partial charge in [0.15, 0.2) is 0 Å². The van der Waals surface area contributed by atoms with Gasteiger partial charge >= 0.3 is 0 Å². The van der Waals surface area contributed by atoms with Crippen LogP contribution in [0.15, 0.2) is 36.4 Å². The molecule has 0 heterocycles. The second-order valence-corrected chi connectivity index (χ2v) is 9.09. The zero-order valence-corrected chi connectivity index (χ0v) is 18.3. The van der Waals surface area contributed by atoms with Crippen LogP contribution >= 0.6 is 0 Å². The number of anilines is 1. The Labute approximate surface area is 174 Å². The molecule has 0 spiro atoms. The molecule has 0 bridgehead atoms. The summed E-state index contributed by atoms with van der Waals surface area (Å²) in [5, 5.41) is 0. The summed E-state index contributed by atoms with van der Waals surface area (Å²) in [6, 6.07) is 11.8. The van der Waals surface area contributed by atoms with Gasteiger partial charge < -0.3 is 15.2 Å². The molecule has 2 saturated carbocycles. The van der Waals surface area contributed by atoms with E-state index in [4.69, 9.17) is 15.2 Å². The van der Waals surface area contributed by atoms with Crippen molar-refractivity contribution < 1.29 is 14.3 Å². The van der Waals surface area contributed by atoms with Crippen LogP contribution in [0, 0.1) is 13.8 Å². The molecule has 4 nitrogen and oxygen atoms in total. The van der Waals surface area contributed by atoms with Crippen LogP contribution in [0.1, 0.15) is 63.1 Å². The molecule has 0 unspecified atom stereocenters. The Bertz CT molecular complexity index is 895. The molecule has 0 atom stereocenters. The Hall–Kier alpha value is -2.49. The summed E-state index contributed by atoms with van der Waals surface area (Å²) in [4.78, 5) is 11.1. The van der Waals surface area contributed by atoms with Crippen LogP contribution in [0.4, 0.5) is 5.69 Å². The van der Waals surface area contributed by atoms with Gasteiger partial charge in [0.2, 0.25) is 0 Å². The largest absolute Gasteiger partial charge is 0.488 e. The van der Waals surface area contributed by atoms with E-state index in [1.54, 1.807) is 6.92 Å². The average molecular weight is 396 g/mol. The zero-order chi connectivity index (χ0) is 21.2. The van der Waals surface area contributed by atoms with Crippen molar-refractivity contribution in [3.05, 3.63) is 53.1 Å². The standard InChI is InChI=1S/C14H18O2.C11H15NO/c1-10-8-13(16-14(3)6-7-14)5-4-12(10)9-11(2)15;1-8-7-9(3-4-10(8)12)13-11(2)5-6-11/h4-5,8H,6-7,9H2,1-3H3;3-4,7H,5-6,12H2,1-2H3. The molecule has 0 saturated heterocycles. The van der Waals surface area contributed by atoms with Crippen molar-refractivity contribution in [1.82, 2.24) is 0 Å². The van der Waals surface area contributed by atoms with Crippen molar-refractivity contribution in [3.63, 3.8) is 0 Å². The fourth-order valence-corrected chi connectivity index (χ4v) is 3.04. The van der Waals surface area contributed by atoms with Gasteiger partial charge in [0.05, 0.1) is 0 Å². The van der Waals surface area contributed by atoms with Gasteiger partial charge in [0.25, 0.3) is 0 Å². The van der Waals surface area contributed by atoms with E-state index < -0.39 is 0 Å². The lowest BCUT2D eigenvalue weighted by atomic mass is 10.0. The number of ketones is 1. The first kappa shape index (κ1) is 21.2. The summed E-state index contributed by atoms with van der Waals surface area (Å²) >= 11 is 0. The van der Waals surface area contributed by atoms with Crippen LogP contribution in [0.25, 0.3) is 0 Å². The van der Waals surface area contributed by atoms with E-state index in [1.165, 1.54) is 0 Å². The molecule has 0 aliphatic heterocycles. The summed E-state index contributed by atoms with van der Waals surface area (Å²) in [5.41, 5.74) is 10.0. The third-order valence-electron chi connectivity index (χ3n) is 5.63. The number of hydrogen-bond acceptors (Lipinski definition) is 4. The Morgan fingerprint density at radius 2 is 1.38 bits per heavy atom. The maximum Gasteiger partial charge on any atom is 0.134 e. The molecule has 2 aromatic rings. The molecule has 0 radical (unpaired) electrons. The number of benzene rings is 2. The maximum atomic E-state index is 11.1. The van der Waals surface area contributed by atoms with E-state index in [9.17, 15) is 4.79 Å². The topological polar surface area (TPSA) is 61.5 Å². The minimum atomic E-state index is 0.0640. The summed E-state index contributed by atoms with van der Waals surface area (Å²) in [6.45, 7) is 9.91.